The van der Waals surface area contributed by atoms with Gasteiger partial charge in [-0.15, -0.1) is 0 Å². The van der Waals surface area contributed by atoms with Gasteiger partial charge in [0.05, 0.1) is 17.6 Å². The van der Waals surface area contributed by atoms with E-state index in [9.17, 15) is 10.1 Å². The topological polar surface area (TPSA) is 70.2 Å². The van der Waals surface area contributed by atoms with Crippen LogP contribution in [0.25, 0.3) is 0 Å². The zero-order valence-electron chi connectivity index (χ0n) is 9.42. The molecule has 2 heterocycles. The maximum atomic E-state index is 10.7. The molecule has 0 N–H and O–H groups in total. The van der Waals surface area contributed by atoms with Gasteiger partial charge >= 0.3 is 5.69 Å². The molecular formula is C10H15N3O3. The quantitative estimate of drug-likeness (QED) is 0.567. The van der Waals surface area contributed by atoms with Crippen LogP contribution in [0.4, 0.5) is 5.69 Å². The Bertz CT molecular complexity index is 402. The maximum Gasteiger partial charge on any atom is 0.309 e. The number of nitro groups is 1. The maximum absolute atomic E-state index is 10.7. The highest BCUT2D eigenvalue weighted by Crippen LogP contribution is 2.29. The molecule has 2 rings (SSSR count). The highest BCUT2D eigenvalue weighted by molar-refractivity contribution is 5.32. The lowest BCUT2D eigenvalue weighted by Crippen LogP contribution is -2.29. The summed E-state index contributed by atoms with van der Waals surface area (Å²) in [5.41, 5.74) is 0.724. The van der Waals surface area contributed by atoms with Gasteiger partial charge in [0, 0.05) is 12.5 Å². The summed E-state index contributed by atoms with van der Waals surface area (Å²) in [5, 5.41) is 14.9. The Labute approximate surface area is 93.4 Å². The lowest BCUT2D eigenvalue weighted by atomic mass is 9.98. The van der Waals surface area contributed by atoms with E-state index >= 15 is 0 Å². The van der Waals surface area contributed by atoms with Crippen molar-refractivity contribution in [3.05, 3.63) is 22.0 Å². The molecule has 0 radical (unpaired) electrons. The van der Waals surface area contributed by atoms with E-state index in [0.717, 1.165) is 6.42 Å². The molecule has 6 nitrogen and oxygen atoms in total. The summed E-state index contributed by atoms with van der Waals surface area (Å²) in [4.78, 5) is 10.3. The van der Waals surface area contributed by atoms with Crippen LogP contribution < -0.4 is 0 Å². The minimum atomic E-state index is -0.386. The van der Waals surface area contributed by atoms with E-state index in [1.54, 1.807) is 11.6 Å². The first-order valence-corrected chi connectivity index (χ1v) is 5.37. The van der Waals surface area contributed by atoms with Crippen molar-refractivity contribution < 1.29 is 9.66 Å². The van der Waals surface area contributed by atoms with Crippen LogP contribution in [-0.4, -0.2) is 27.9 Å². The number of nitrogens with zero attached hydrogens (tertiary/aromatic N) is 3. The molecule has 88 valence electrons. The average molecular weight is 225 g/mol. The molecule has 0 amide bonds. The van der Waals surface area contributed by atoms with Crippen molar-refractivity contribution in [3.8, 4) is 0 Å². The van der Waals surface area contributed by atoms with E-state index in [4.69, 9.17) is 4.74 Å². The molecule has 1 aliphatic heterocycles. The molecule has 1 aliphatic rings. The van der Waals surface area contributed by atoms with Gasteiger partial charge < -0.3 is 4.74 Å². The third-order valence-corrected chi connectivity index (χ3v) is 3.13. The van der Waals surface area contributed by atoms with Crippen molar-refractivity contribution in [2.75, 3.05) is 13.2 Å². The van der Waals surface area contributed by atoms with E-state index in [2.05, 4.69) is 12.0 Å². The molecule has 16 heavy (non-hydrogen) atoms. The third-order valence-electron chi connectivity index (χ3n) is 3.13. The summed E-state index contributed by atoms with van der Waals surface area (Å²) >= 11 is 0. The lowest BCUT2D eigenvalue weighted by molar-refractivity contribution is -0.385. The Balaban J connectivity index is 2.29. The van der Waals surface area contributed by atoms with Crippen molar-refractivity contribution in [2.45, 2.75) is 26.3 Å². The lowest BCUT2D eigenvalue weighted by Gasteiger charge is -2.29. The summed E-state index contributed by atoms with van der Waals surface area (Å²) in [6.07, 6.45) is 2.19. The van der Waals surface area contributed by atoms with Crippen molar-refractivity contribution in [3.63, 3.8) is 0 Å². The second-order valence-electron chi connectivity index (χ2n) is 4.23. The summed E-state index contributed by atoms with van der Waals surface area (Å²) in [5.74, 6) is 0.340. The molecule has 0 aromatic carbocycles. The molecule has 1 saturated heterocycles. The van der Waals surface area contributed by atoms with Crippen molar-refractivity contribution >= 4 is 5.69 Å². The van der Waals surface area contributed by atoms with Gasteiger partial charge in [-0.05, 0) is 13.3 Å². The summed E-state index contributed by atoms with van der Waals surface area (Å²) in [7, 11) is 0. The molecule has 0 aliphatic carbocycles. The first-order chi connectivity index (χ1) is 7.61. The molecule has 0 bridgehead atoms. The smallest absolute Gasteiger partial charge is 0.309 e. The summed E-state index contributed by atoms with van der Waals surface area (Å²) in [6.45, 7) is 5.21. The Morgan fingerprint density at radius 1 is 1.69 bits per heavy atom. The first-order valence-electron chi connectivity index (χ1n) is 5.37. The third kappa shape index (κ3) is 1.80. The van der Waals surface area contributed by atoms with E-state index in [1.165, 1.54) is 6.20 Å². The average Bonchev–Trinajstić information content (AvgIpc) is 2.61. The molecular weight excluding hydrogens is 210 g/mol. The van der Waals surface area contributed by atoms with Crippen LogP contribution in [0.1, 0.15) is 25.1 Å². The monoisotopic (exact) mass is 225 g/mol. The van der Waals surface area contributed by atoms with Crippen molar-refractivity contribution in [1.29, 1.82) is 0 Å². The second-order valence-corrected chi connectivity index (χ2v) is 4.23. The Kier molecular flexibility index (Phi) is 2.91. The summed E-state index contributed by atoms with van der Waals surface area (Å²) in [6, 6.07) is 0.211. The van der Waals surface area contributed by atoms with Gasteiger partial charge in [-0.3, -0.25) is 14.8 Å². The molecule has 0 saturated carbocycles. The van der Waals surface area contributed by atoms with Gasteiger partial charge in [-0.25, -0.2) is 0 Å². The van der Waals surface area contributed by atoms with Crippen LogP contribution in [0, 0.1) is 23.0 Å². The van der Waals surface area contributed by atoms with Crippen LogP contribution >= 0.6 is 0 Å². The first kappa shape index (κ1) is 11.1. The molecule has 2 atom stereocenters. The van der Waals surface area contributed by atoms with E-state index in [0.29, 0.717) is 24.8 Å². The zero-order chi connectivity index (χ0) is 11.7. The van der Waals surface area contributed by atoms with Crippen molar-refractivity contribution in [1.82, 2.24) is 9.78 Å². The zero-order valence-corrected chi connectivity index (χ0v) is 9.42. The Hall–Kier alpha value is -1.43. The van der Waals surface area contributed by atoms with E-state index < -0.39 is 0 Å². The Morgan fingerprint density at radius 2 is 2.44 bits per heavy atom. The predicted molar refractivity (Wildman–Crippen MR) is 57.3 cm³/mol. The van der Waals surface area contributed by atoms with E-state index in [-0.39, 0.29) is 16.7 Å². The molecule has 1 aromatic rings. The fourth-order valence-corrected chi connectivity index (χ4v) is 2.16. The number of rotatable bonds is 2. The SMILES string of the molecule is Cc1c([N+](=O)[O-])cnn1[C@@H]1CCOC[C@H]1C. The number of ether oxygens (including phenoxy) is 1. The number of hydrogen-bond acceptors (Lipinski definition) is 4. The van der Waals surface area contributed by atoms with Gasteiger partial charge in [-0.2, -0.15) is 5.10 Å². The minimum Gasteiger partial charge on any atom is -0.381 e. The van der Waals surface area contributed by atoms with Gasteiger partial charge in [0.15, 0.2) is 0 Å². The normalized spacial score (nSPS) is 25.6. The Morgan fingerprint density at radius 3 is 3.00 bits per heavy atom. The fraction of sp³-hybridized carbons (Fsp3) is 0.700. The van der Waals surface area contributed by atoms with Gasteiger partial charge in [-0.1, -0.05) is 6.92 Å². The highest BCUT2D eigenvalue weighted by Gasteiger charge is 2.28. The highest BCUT2D eigenvalue weighted by atomic mass is 16.6. The van der Waals surface area contributed by atoms with E-state index in [1.807, 2.05) is 0 Å². The van der Waals surface area contributed by atoms with Crippen LogP contribution in [0.3, 0.4) is 0 Å². The van der Waals surface area contributed by atoms with Crippen LogP contribution in [0.15, 0.2) is 6.20 Å². The largest absolute Gasteiger partial charge is 0.381 e. The molecule has 6 heteroatoms. The number of hydrogen-bond donors (Lipinski definition) is 0. The molecule has 1 aromatic heterocycles. The minimum absolute atomic E-state index is 0.0960. The predicted octanol–water partition coefficient (Wildman–Crippen LogP) is 1.70. The van der Waals surface area contributed by atoms with Crippen LogP contribution in [0.5, 0.6) is 0 Å². The molecule has 1 fully saturated rings. The standard InChI is InChI=1S/C10H15N3O3/c1-7-6-16-4-3-9(7)12-8(2)10(5-11-12)13(14)15/h5,7,9H,3-4,6H2,1-2H3/t7-,9-/m1/s1. The van der Waals surface area contributed by atoms with Crippen LogP contribution in [-0.2, 0) is 4.74 Å². The van der Waals surface area contributed by atoms with Gasteiger partial charge in [0.2, 0.25) is 0 Å². The number of aromatic nitrogens is 2. The van der Waals surface area contributed by atoms with Gasteiger partial charge in [0.25, 0.3) is 0 Å². The van der Waals surface area contributed by atoms with Crippen molar-refractivity contribution in [2.24, 2.45) is 5.92 Å². The van der Waals surface area contributed by atoms with Crippen LogP contribution in [0.2, 0.25) is 0 Å². The fourth-order valence-electron chi connectivity index (χ4n) is 2.16. The second kappa shape index (κ2) is 4.21. The summed E-state index contributed by atoms with van der Waals surface area (Å²) < 4.78 is 7.12. The molecule has 0 spiro atoms. The van der Waals surface area contributed by atoms with Gasteiger partial charge in [0.1, 0.15) is 11.9 Å². The molecule has 0 unspecified atom stereocenters.